The summed E-state index contributed by atoms with van der Waals surface area (Å²) in [4.78, 5) is 12.3. The van der Waals surface area contributed by atoms with Crippen LogP contribution in [0.15, 0.2) is 47.1 Å². The van der Waals surface area contributed by atoms with Gasteiger partial charge in [-0.1, -0.05) is 53.0 Å². The average molecular weight is 362 g/mol. The minimum atomic E-state index is -1.70. The number of hydrogen-bond donors (Lipinski definition) is 2. The number of benzene rings is 1. The molecule has 0 aliphatic rings. The van der Waals surface area contributed by atoms with Gasteiger partial charge in [0.15, 0.2) is 0 Å². The molecule has 0 aliphatic carbocycles. The third kappa shape index (κ3) is 4.65. The summed E-state index contributed by atoms with van der Waals surface area (Å²) in [6.07, 6.45) is 0.683. The number of aryl methyl sites for hydroxylation is 1. The second kappa shape index (κ2) is 7.38. The van der Waals surface area contributed by atoms with Crippen molar-refractivity contribution in [2.45, 2.75) is 23.4 Å². The molecule has 0 radical (unpaired) electrons. The number of amides is 1. The molecular weight excluding hydrogens is 347 g/mol. The van der Waals surface area contributed by atoms with E-state index in [0.29, 0.717) is 17.9 Å². The quantitative estimate of drug-likeness (QED) is 0.629. The first-order valence-electron chi connectivity index (χ1n) is 6.57. The molecular formula is C15H15Cl3N2O2. The summed E-state index contributed by atoms with van der Waals surface area (Å²) in [7, 11) is 0. The van der Waals surface area contributed by atoms with E-state index >= 15 is 0 Å². The van der Waals surface area contributed by atoms with Crippen molar-refractivity contribution in [3.05, 3.63) is 59.5 Å². The number of carbonyl (C=O) groups is 1. The Labute approximate surface area is 143 Å². The van der Waals surface area contributed by atoms with Crippen molar-refractivity contribution in [3.8, 4) is 0 Å². The van der Waals surface area contributed by atoms with E-state index < -0.39 is 9.96 Å². The van der Waals surface area contributed by atoms with E-state index in [1.165, 1.54) is 0 Å². The van der Waals surface area contributed by atoms with Crippen molar-refractivity contribution in [1.82, 2.24) is 10.6 Å². The van der Waals surface area contributed by atoms with Crippen LogP contribution in [0, 0.1) is 6.92 Å². The molecule has 2 aromatic rings. The Bertz CT molecular complexity index is 624. The predicted molar refractivity (Wildman–Crippen MR) is 88.3 cm³/mol. The van der Waals surface area contributed by atoms with Crippen LogP contribution in [-0.4, -0.2) is 15.9 Å². The maximum atomic E-state index is 12.3. The standard InChI is InChI=1S/C15H15Cl3N2O2/c1-10-5-2-3-7-12(10)13(21)20-14(15(16,17)18)19-9-11-6-4-8-22-11/h2-8,14,19H,9H2,1H3,(H,20,21)/t14-/m0/s1. The van der Waals surface area contributed by atoms with Crippen LogP contribution in [0.2, 0.25) is 0 Å². The number of furan rings is 1. The van der Waals surface area contributed by atoms with E-state index in [-0.39, 0.29) is 5.91 Å². The summed E-state index contributed by atoms with van der Waals surface area (Å²) in [6, 6.07) is 10.7. The third-order valence-corrected chi connectivity index (χ3v) is 3.71. The predicted octanol–water partition coefficient (Wildman–Crippen LogP) is 3.80. The lowest BCUT2D eigenvalue weighted by molar-refractivity contribution is 0.0928. The zero-order valence-electron chi connectivity index (χ0n) is 11.8. The molecule has 2 rings (SSSR count). The molecule has 1 heterocycles. The highest BCUT2D eigenvalue weighted by atomic mass is 35.6. The van der Waals surface area contributed by atoms with Crippen LogP contribution in [0.25, 0.3) is 0 Å². The maximum absolute atomic E-state index is 12.3. The van der Waals surface area contributed by atoms with Crippen LogP contribution in [0.4, 0.5) is 0 Å². The molecule has 1 atom stereocenters. The molecule has 1 aromatic heterocycles. The minimum absolute atomic E-state index is 0.318. The summed E-state index contributed by atoms with van der Waals surface area (Å²) in [5.74, 6) is 0.353. The van der Waals surface area contributed by atoms with Crippen LogP contribution < -0.4 is 10.6 Å². The molecule has 0 spiro atoms. The van der Waals surface area contributed by atoms with E-state index in [2.05, 4.69) is 10.6 Å². The number of alkyl halides is 3. The van der Waals surface area contributed by atoms with Crippen LogP contribution in [0.3, 0.4) is 0 Å². The van der Waals surface area contributed by atoms with Gasteiger partial charge in [0.2, 0.25) is 3.79 Å². The molecule has 1 amide bonds. The molecule has 0 aliphatic heterocycles. The number of hydrogen-bond acceptors (Lipinski definition) is 3. The van der Waals surface area contributed by atoms with E-state index in [4.69, 9.17) is 39.2 Å². The minimum Gasteiger partial charge on any atom is -0.468 e. The van der Waals surface area contributed by atoms with Gasteiger partial charge in [-0.15, -0.1) is 0 Å². The molecule has 2 N–H and O–H groups in total. The Hall–Kier alpha value is -1.20. The second-order valence-electron chi connectivity index (χ2n) is 4.72. The Morgan fingerprint density at radius 1 is 1.23 bits per heavy atom. The highest BCUT2D eigenvalue weighted by Crippen LogP contribution is 2.29. The van der Waals surface area contributed by atoms with Crippen molar-refractivity contribution in [2.75, 3.05) is 0 Å². The van der Waals surface area contributed by atoms with E-state index in [9.17, 15) is 4.79 Å². The summed E-state index contributed by atoms with van der Waals surface area (Å²) in [5.41, 5.74) is 1.37. The fourth-order valence-corrected chi connectivity index (χ4v) is 2.30. The van der Waals surface area contributed by atoms with Gasteiger partial charge in [0.25, 0.3) is 5.91 Å². The Balaban J connectivity index is 2.06. The topological polar surface area (TPSA) is 54.3 Å². The monoisotopic (exact) mass is 360 g/mol. The van der Waals surface area contributed by atoms with Crippen molar-refractivity contribution >= 4 is 40.7 Å². The highest BCUT2D eigenvalue weighted by molar-refractivity contribution is 6.68. The first kappa shape index (κ1) is 17.2. The summed E-state index contributed by atoms with van der Waals surface area (Å²) >= 11 is 17.8. The lowest BCUT2D eigenvalue weighted by Gasteiger charge is -2.26. The molecule has 0 unspecified atom stereocenters. The maximum Gasteiger partial charge on any atom is 0.252 e. The highest BCUT2D eigenvalue weighted by Gasteiger charge is 2.34. The van der Waals surface area contributed by atoms with E-state index in [1.54, 1.807) is 30.5 Å². The van der Waals surface area contributed by atoms with E-state index in [0.717, 1.165) is 5.56 Å². The average Bonchev–Trinajstić information content (AvgIpc) is 2.95. The van der Waals surface area contributed by atoms with Gasteiger partial charge in [0, 0.05) is 5.56 Å². The van der Waals surface area contributed by atoms with E-state index in [1.807, 2.05) is 19.1 Å². The molecule has 0 bridgehead atoms. The fourth-order valence-electron chi connectivity index (χ4n) is 1.90. The van der Waals surface area contributed by atoms with Gasteiger partial charge in [-0.2, -0.15) is 0 Å². The summed E-state index contributed by atoms with van der Waals surface area (Å²) < 4.78 is 3.50. The lowest BCUT2D eigenvalue weighted by Crippen LogP contribution is -2.53. The van der Waals surface area contributed by atoms with Gasteiger partial charge in [0.1, 0.15) is 11.9 Å². The molecule has 118 valence electrons. The first-order chi connectivity index (χ1) is 10.4. The Morgan fingerprint density at radius 2 is 1.95 bits per heavy atom. The molecule has 4 nitrogen and oxygen atoms in total. The van der Waals surface area contributed by atoms with Crippen molar-refractivity contribution in [1.29, 1.82) is 0 Å². The van der Waals surface area contributed by atoms with Crippen molar-refractivity contribution in [3.63, 3.8) is 0 Å². The molecule has 0 saturated heterocycles. The molecule has 1 aromatic carbocycles. The number of nitrogens with one attached hydrogen (secondary N) is 2. The van der Waals surface area contributed by atoms with Crippen molar-refractivity contribution < 1.29 is 9.21 Å². The van der Waals surface area contributed by atoms with Crippen LogP contribution >= 0.6 is 34.8 Å². The Kier molecular flexibility index (Phi) is 5.75. The first-order valence-corrected chi connectivity index (χ1v) is 7.70. The number of carbonyl (C=O) groups excluding carboxylic acids is 1. The largest absolute Gasteiger partial charge is 0.468 e. The molecule has 0 saturated carbocycles. The van der Waals surface area contributed by atoms with Gasteiger partial charge in [0.05, 0.1) is 12.8 Å². The van der Waals surface area contributed by atoms with Gasteiger partial charge in [-0.05, 0) is 30.7 Å². The SMILES string of the molecule is Cc1ccccc1C(=O)N[C@H](NCc1ccco1)C(Cl)(Cl)Cl. The van der Waals surface area contributed by atoms with Gasteiger partial charge >= 0.3 is 0 Å². The van der Waals surface area contributed by atoms with Crippen LogP contribution in [0.1, 0.15) is 21.7 Å². The summed E-state index contributed by atoms with van der Waals surface area (Å²) in [5, 5.41) is 5.65. The van der Waals surface area contributed by atoms with Crippen LogP contribution in [0.5, 0.6) is 0 Å². The molecule has 22 heavy (non-hydrogen) atoms. The zero-order chi connectivity index (χ0) is 16.2. The Morgan fingerprint density at radius 3 is 2.55 bits per heavy atom. The van der Waals surface area contributed by atoms with Gasteiger partial charge < -0.3 is 9.73 Å². The second-order valence-corrected chi connectivity index (χ2v) is 7.09. The number of halogens is 3. The van der Waals surface area contributed by atoms with Crippen LogP contribution in [-0.2, 0) is 6.54 Å². The fraction of sp³-hybridized carbons (Fsp3) is 0.267. The van der Waals surface area contributed by atoms with Gasteiger partial charge in [-0.3, -0.25) is 10.1 Å². The zero-order valence-corrected chi connectivity index (χ0v) is 14.0. The van der Waals surface area contributed by atoms with Crippen molar-refractivity contribution in [2.24, 2.45) is 0 Å². The lowest BCUT2D eigenvalue weighted by atomic mass is 10.1. The smallest absolute Gasteiger partial charge is 0.252 e. The molecule has 7 heteroatoms. The molecule has 0 fully saturated rings. The van der Waals surface area contributed by atoms with Gasteiger partial charge in [-0.25, -0.2) is 0 Å². The third-order valence-electron chi connectivity index (χ3n) is 3.05. The number of rotatable bonds is 5. The normalized spacial score (nSPS) is 12.9. The summed E-state index contributed by atoms with van der Waals surface area (Å²) in [6.45, 7) is 2.16.